The SMILES string of the molecule is O=C(CC(C1CCC1)C1CCC1)Nc1n[nH]c(-c2ccncc2)n1. The quantitative estimate of drug-likeness (QED) is 0.852. The molecule has 0 aliphatic heterocycles. The summed E-state index contributed by atoms with van der Waals surface area (Å²) >= 11 is 0. The van der Waals surface area contributed by atoms with Crippen LogP contribution in [0.15, 0.2) is 24.5 Å². The number of carbonyl (C=O) groups excluding carboxylic acids is 1. The van der Waals surface area contributed by atoms with Gasteiger partial charge >= 0.3 is 0 Å². The molecule has 0 unspecified atom stereocenters. The number of amides is 1. The van der Waals surface area contributed by atoms with E-state index in [-0.39, 0.29) is 5.91 Å². The molecule has 2 aliphatic carbocycles. The monoisotopic (exact) mass is 325 g/mol. The average molecular weight is 325 g/mol. The molecule has 2 aliphatic rings. The number of hydrogen-bond donors (Lipinski definition) is 2. The van der Waals surface area contributed by atoms with Gasteiger partial charge in [-0.1, -0.05) is 38.5 Å². The van der Waals surface area contributed by atoms with Gasteiger partial charge in [0.05, 0.1) is 0 Å². The smallest absolute Gasteiger partial charge is 0.249 e. The maximum absolute atomic E-state index is 12.4. The Kier molecular flexibility index (Phi) is 4.28. The molecular formula is C18H23N5O. The van der Waals surface area contributed by atoms with Crippen LogP contribution in [-0.2, 0) is 4.79 Å². The maximum Gasteiger partial charge on any atom is 0.249 e. The molecule has 0 bridgehead atoms. The molecule has 2 fully saturated rings. The highest BCUT2D eigenvalue weighted by atomic mass is 16.1. The van der Waals surface area contributed by atoms with Gasteiger partial charge in [-0.15, -0.1) is 5.10 Å². The molecule has 6 nitrogen and oxygen atoms in total. The summed E-state index contributed by atoms with van der Waals surface area (Å²) in [4.78, 5) is 20.8. The van der Waals surface area contributed by atoms with Crippen molar-refractivity contribution in [3.63, 3.8) is 0 Å². The highest BCUT2D eigenvalue weighted by Gasteiger charge is 2.37. The zero-order chi connectivity index (χ0) is 16.4. The largest absolute Gasteiger partial charge is 0.293 e. The summed E-state index contributed by atoms with van der Waals surface area (Å²) in [5, 5.41) is 9.84. The molecule has 2 aromatic heterocycles. The molecule has 2 aromatic rings. The van der Waals surface area contributed by atoms with E-state index < -0.39 is 0 Å². The molecule has 4 rings (SSSR count). The Balaban J connectivity index is 1.38. The van der Waals surface area contributed by atoms with Gasteiger partial charge in [0.15, 0.2) is 5.82 Å². The predicted octanol–water partition coefficient (Wildman–Crippen LogP) is 3.41. The van der Waals surface area contributed by atoms with E-state index in [4.69, 9.17) is 0 Å². The Hall–Kier alpha value is -2.24. The lowest BCUT2D eigenvalue weighted by atomic mass is 9.63. The molecule has 0 aromatic carbocycles. The van der Waals surface area contributed by atoms with Gasteiger partial charge < -0.3 is 0 Å². The van der Waals surface area contributed by atoms with Crippen LogP contribution in [0.25, 0.3) is 11.4 Å². The van der Waals surface area contributed by atoms with Crippen molar-refractivity contribution < 1.29 is 4.79 Å². The highest BCUT2D eigenvalue weighted by Crippen LogP contribution is 2.46. The molecule has 2 N–H and O–H groups in total. The van der Waals surface area contributed by atoms with Crippen LogP contribution in [0.1, 0.15) is 44.9 Å². The van der Waals surface area contributed by atoms with Gasteiger partial charge in [0.1, 0.15) is 0 Å². The summed E-state index contributed by atoms with van der Waals surface area (Å²) in [5.41, 5.74) is 0.903. The Bertz CT molecular complexity index is 676. The molecule has 1 amide bonds. The van der Waals surface area contributed by atoms with Crippen LogP contribution in [0, 0.1) is 17.8 Å². The van der Waals surface area contributed by atoms with Crippen molar-refractivity contribution >= 4 is 11.9 Å². The minimum Gasteiger partial charge on any atom is -0.293 e. The van der Waals surface area contributed by atoms with Gasteiger partial charge in [0, 0.05) is 24.4 Å². The van der Waals surface area contributed by atoms with Crippen molar-refractivity contribution in [1.29, 1.82) is 0 Å². The van der Waals surface area contributed by atoms with E-state index in [0.717, 1.165) is 17.4 Å². The van der Waals surface area contributed by atoms with Gasteiger partial charge in [-0.3, -0.25) is 20.2 Å². The fourth-order valence-electron chi connectivity index (χ4n) is 3.80. The van der Waals surface area contributed by atoms with Crippen molar-refractivity contribution in [3.8, 4) is 11.4 Å². The lowest BCUT2D eigenvalue weighted by Crippen LogP contribution is -2.35. The second-order valence-electron chi connectivity index (χ2n) is 7.04. The molecule has 0 saturated heterocycles. The second-order valence-corrected chi connectivity index (χ2v) is 7.04. The number of rotatable bonds is 6. The molecule has 126 valence electrons. The summed E-state index contributed by atoms with van der Waals surface area (Å²) in [6.07, 6.45) is 11.8. The fraction of sp³-hybridized carbons (Fsp3) is 0.556. The number of aromatic amines is 1. The van der Waals surface area contributed by atoms with E-state index in [1.165, 1.54) is 38.5 Å². The first-order valence-corrected chi connectivity index (χ1v) is 8.92. The number of anilines is 1. The minimum atomic E-state index is 0.0408. The number of pyridine rings is 1. The van der Waals surface area contributed by atoms with E-state index in [0.29, 0.717) is 24.1 Å². The summed E-state index contributed by atoms with van der Waals surface area (Å²) in [6.45, 7) is 0. The third kappa shape index (κ3) is 3.18. The third-order valence-corrected chi connectivity index (χ3v) is 5.62. The van der Waals surface area contributed by atoms with Crippen LogP contribution in [0.4, 0.5) is 5.95 Å². The maximum atomic E-state index is 12.4. The minimum absolute atomic E-state index is 0.0408. The van der Waals surface area contributed by atoms with Gasteiger partial charge in [0.25, 0.3) is 0 Å². The van der Waals surface area contributed by atoms with Crippen molar-refractivity contribution in [2.45, 2.75) is 44.9 Å². The van der Waals surface area contributed by atoms with Crippen LogP contribution < -0.4 is 5.32 Å². The molecule has 6 heteroatoms. The third-order valence-electron chi connectivity index (χ3n) is 5.62. The second kappa shape index (κ2) is 6.71. The van der Waals surface area contributed by atoms with Gasteiger partial charge in [-0.2, -0.15) is 4.98 Å². The number of H-pyrrole nitrogens is 1. The first kappa shape index (κ1) is 15.3. The molecule has 2 heterocycles. The summed E-state index contributed by atoms with van der Waals surface area (Å²) in [7, 11) is 0. The molecule has 24 heavy (non-hydrogen) atoms. The fourth-order valence-corrected chi connectivity index (χ4v) is 3.80. The lowest BCUT2D eigenvalue weighted by Gasteiger charge is -2.42. The Morgan fingerprint density at radius 2 is 1.83 bits per heavy atom. The van der Waals surface area contributed by atoms with Crippen molar-refractivity contribution in [1.82, 2.24) is 20.2 Å². The van der Waals surface area contributed by atoms with Crippen LogP contribution in [0.3, 0.4) is 0 Å². The van der Waals surface area contributed by atoms with Crippen molar-refractivity contribution in [2.24, 2.45) is 17.8 Å². The van der Waals surface area contributed by atoms with E-state index in [9.17, 15) is 4.79 Å². The molecular weight excluding hydrogens is 302 g/mol. The standard InChI is InChI=1S/C18H23N5O/c24-16(11-15(12-3-1-4-12)13-5-2-6-13)20-18-21-17(22-23-18)14-7-9-19-10-8-14/h7-10,12-13,15H,1-6,11H2,(H2,20,21,22,23,24). The Morgan fingerprint density at radius 3 is 2.42 bits per heavy atom. The van der Waals surface area contributed by atoms with E-state index in [1.54, 1.807) is 12.4 Å². The first-order valence-electron chi connectivity index (χ1n) is 8.92. The zero-order valence-corrected chi connectivity index (χ0v) is 13.7. The summed E-state index contributed by atoms with van der Waals surface area (Å²) in [5.74, 6) is 3.08. The number of nitrogens with zero attached hydrogens (tertiary/aromatic N) is 3. The van der Waals surface area contributed by atoms with Crippen LogP contribution >= 0.6 is 0 Å². The van der Waals surface area contributed by atoms with E-state index in [2.05, 4.69) is 25.5 Å². The highest BCUT2D eigenvalue weighted by molar-refractivity contribution is 5.89. The van der Waals surface area contributed by atoms with Crippen molar-refractivity contribution in [3.05, 3.63) is 24.5 Å². The zero-order valence-electron chi connectivity index (χ0n) is 13.7. The van der Waals surface area contributed by atoms with Gasteiger partial charge in [-0.05, 0) is 29.9 Å². The van der Waals surface area contributed by atoms with Crippen molar-refractivity contribution in [2.75, 3.05) is 5.32 Å². The molecule has 0 spiro atoms. The predicted molar refractivity (Wildman–Crippen MR) is 91.0 cm³/mol. The van der Waals surface area contributed by atoms with E-state index in [1.807, 2.05) is 12.1 Å². The first-order chi connectivity index (χ1) is 11.8. The van der Waals surface area contributed by atoms with Gasteiger partial charge in [0.2, 0.25) is 11.9 Å². The van der Waals surface area contributed by atoms with Gasteiger partial charge in [-0.25, -0.2) is 0 Å². The average Bonchev–Trinajstić information content (AvgIpc) is 2.93. The van der Waals surface area contributed by atoms with Crippen LogP contribution in [0.5, 0.6) is 0 Å². The number of carbonyl (C=O) groups is 1. The topological polar surface area (TPSA) is 83.6 Å². The van der Waals surface area contributed by atoms with Crippen LogP contribution in [0.2, 0.25) is 0 Å². The Morgan fingerprint density at radius 1 is 1.17 bits per heavy atom. The summed E-state index contributed by atoms with van der Waals surface area (Å²) in [6, 6.07) is 3.71. The summed E-state index contributed by atoms with van der Waals surface area (Å²) < 4.78 is 0. The number of nitrogens with one attached hydrogen (secondary N) is 2. The normalized spacial score (nSPS) is 18.2. The van der Waals surface area contributed by atoms with E-state index >= 15 is 0 Å². The molecule has 2 saturated carbocycles. The lowest BCUT2D eigenvalue weighted by molar-refractivity contribution is -0.118. The number of hydrogen-bond acceptors (Lipinski definition) is 4. The number of aromatic nitrogens is 4. The molecule has 0 radical (unpaired) electrons. The molecule has 0 atom stereocenters. The Labute approximate surface area is 141 Å². The van der Waals surface area contributed by atoms with Crippen LogP contribution in [-0.4, -0.2) is 26.1 Å².